The minimum Gasteiger partial charge on any atom is -0.328 e. The van der Waals surface area contributed by atoms with Crippen LogP contribution in [-0.4, -0.2) is 21.1 Å². The highest BCUT2D eigenvalue weighted by atomic mass is 32.2. The number of carbonyl (C=O) groups is 1. The summed E-state index contributed by atoms with van der Waals surface area (Å²) in [5.41, 5.74) is 1.39. The Morgan fingerprint density at radius 3 is 2.29 bits per heavy atom. The molecule has 0 aromatic heterocycles. The molecule has 0 heterocycles. The third-order valence-corrected chi connectivity index (χ3v) is 4.07. The Morgan fingerprint density at radius 2 is 1.67 bits per heavy atom. The molecule has 1 N–H and O–H groups in total. The minimum atomic E-state index is -3.87. The fourth-order valence-corrected chi connectivity index (χ4v) is 2.46. The molecule has 110 valence electrons. The van der Waals surface area contributed by atoms with Gasteiger partial charge in [0.15, 0.2) is 0 Å². The fourth-order valence-electron chi connectivity index (χ4n) is 1.64. The average molecular weight is 305 g/mol. The topological polar surface area (TPSA) is 72.5 Å². The first kappa shape index (κ1) is 15.2. The molecule has 0 spiro atoms. The SMILES string of the molecule is Cc1ccc(S(=O)(=O)OCNC(=O)c2ccccc2)cc1. The van der Waals surface area contributed by atoms with Gasteiger partial charge in [-0.25, -0.2) is 4.18 Å². The van der Waals surface area contributed by atoms with Gasteiger partial charge >= 0.3 is 0 Å². The molecule has 6 heteroatoms. The predicted octanol–water partition coefficient (Wildman–Crippen LogP) is 2.09. The van der Waals surface area contributed by atoms with Crippen LogP contribution in [0.4, 0.5) is 0 Å². The van der Waals surface area contributed by atoms with Crippen molar-refractivity contribution in [3.63, 3.8) is 0 Å². The lowest BCUT2D eigenvalue weighted by Crippen LogP contribution is -2.27. The van der Waals surface area contributed by atoms with E-state index in [1.54, 1.807) is 42.5 Å². The molecule has 1 amide bonds. The van der Waals surface area contributed by atoms with Crippen molar-refractivity contribution in [3.05, 3.63) is 65.7 Å². The Hall–Kier alpha value is -2.18. The number of rotatable bonds is 5. The molecule has 0 atom stereocenters. The monoisotopic (exact) mass is 305 g/mol. The number of amides is 1. The van der Waals surface area contributed by atoms with Crippen LogP contribution in [0.5, 0.6) is 0 Å². The molecule has 0 aliphatic carbocycles. The summed E-state index contributed by atoms with van der Waals surface area (Å²) in [7, 11) is -3.87. The van der Waals surface area contributed by atoms with Gasteiger partial charge in [-0.1, -0.05) is 35.9 Å². The summed E-state index contributed by atoms with van der Waals surface area (Å²) < 4.78 is 28.6. The van der Waals surface area contributed by atoms with Gasteiger partial charge in [-0.2, -0.15) is 8.42 Å². The lowest BCUT2D eigenvalue weighted by molar-refractivity contribution is 0.0922. The van der Waals surface area contributed by atoms with E-state index in [1.807, 2.05) is 6.92 Å². The van der Waals surface area contributed by atoms with Gasteiger partial charge in [-0.3, -0.25) is 4.79 Å². The molecule has 5 nitrogen and oxygen atoms in total. The third-order valence-electron chi connectivity index (χ3n) is 2.79. The van der Waals surface area contributed by atoms with Crippen molar-refractivity contribution in [1.29, 1.82) is 0 Å². The summed E-state index contributed by atoms with van der Waals surface area (Å²) >= 11 is 0. The fraction of sp³-hybridized carbons (Fsp3) is 0.133. The number of benzene rings is 2. The van der Waals surface area contributed by atoms with Crippen LogP contribution in [0.1, 0.15) is 15.9 Å². The second-order valence-corrected chi connectivity index (χ2v) is 6.02. The predicted molar refractivity (Wildman–Crippen MR) is 78.2 cm³/mol. The second kappa shape index (κ2) is 6.51. The van der Waals surface area contributed by atoms with Gasteiger partial charge in [0.25, 0.3) is 16.0 Å². The normalized spacial score (nSPS) is 11.1. The van der Waals surface area contributed by atoms with Crippen molar-refractivity contribution in [2.24, 2.45) is 0 Å². The third kappa shape index (κ3) is 4.14. The van der Waals surface area contributed by atoms with Crippen LogP contribution >= 0.6 is 0 Å². The number of hydrogen-bond donors (Lipinski definition) is 1. The van der Waals surface area contributed by atoms with Gasteiger partial charge in [-0.05, 0) is 31.2 Å². The summed E-state index contributed by atoms with van der Waals surface area (Å²) in [6.45, 7) is 1.45. The highest BCUT2D eigenvalue weighted by Gasteiger charge is 2.15. The van der Waals surface area contributed by atoms with E-state index in [-0.39, 0.29) is 4.90 Å². The molecule has 0 aliphatic rings. The number of hydrogen-bond acceptors (Lipinski definition) is 4. The smallest absolute Gasteiger partial charge is 0.298 e. The first-order chi connectivity index (χ1) is 9.99. The number of carbonyl (C=O) groups excluding carboxylic acids is 1. The van der Waals surface area contributed by atoms with Crippen LogP contribution in [0.25, 0.3) is 0 Å². The summed E-state index contributed by atoms with van der Waals surface area (Å²) in [5, 5.41) is 2.40. The summed E-state index contributed by atoms with van der Waals surface area (Å²) in [5.74, 6) is -0.394. The van der Waals surface area contributed by atoms with Gasteiger partial charge < -0.3 is 5.32 Å². The maximum atomic E-state index is 11.9. The van der Waals surface area contributed by atoms with E-state index in [4.69, 9.17) is 4.18 Å². The van der Waals surface area contributed by atoms with Crippen LogP contribution in [-0.2, 0) is 14.3 Å². The Bertz CT molecular complexity index is 709. The van der Waals surface area contributed by atoms with Crippen molar-refractivity contribution in [2.45, 2.75) is 11.8 Å². The van der Waals surface area contributed by atoms with E-state index in [2.05, 4.69) is 5.32 Å². The maximum Gasteiger partial charge on any atom is 0.298 e. The van der Waals surface area contributed by atoms with Crippen molar-refractivity contribution >= 4 is 16.0 Å². The quantitative estimate of drug-likeness (QED) is 0.678. The zero-order chi connectivity index (χ0) is 15.3. The molecule has 0 radical (unpaired) electrons. The highest BCUT2D eigenvalue weighted by Crippen LogP contribution is 2.12. The van der Waals surface area contributed by atoms with Gasteiger partial charge in [0.05, 0.1) is 4.90 Å². The Balaban J connectivity index is 1.94. The number of aryl methyl sites for hydroxylation is 1. The van der Waals surface area contributed by atoms with Crippen molar-refractivity contribution in [3.8, 4) is 0 Å². The van der Waals surface area contributed by atoms with Crippen LogP contribution in [0.3, 0.4) is 0 Å². The van der Waals surface area contributed by atoms with E-state index >= 15 is 0 Å². The molecule has 0 saturated heterocycles. The summed E-state index contributed by atoms with van der Waals surface area (Å²) in [6.07, 6.45) is 0. The molecule has 0 saturated carbocycles. The Labute approximate surface area is 123 Å². The molecule has 0 unspecified atom stereocenters. The first-order valence-corrected chi connectivity index (χ1v) is 7.69. The van der Waals surface area contributed by atoms with Crippen molar-refractivity contribution in [1.82, 2.24) is 5.32 Å². The van der Waals surface area contributed by atoms with Crippen LogP contribution in [0.2, 0.25) is 0 Å². The zero-order valence-corrected chi connectivity index (χ0v) is 12.3. The van der Waals surface area contributed by atoms with Crippen LogP contribution < -0.4 is 5.32 Å². The molecule has 0 aliphatic heterocycles. The molecule has 2 aromatic carbocycles. The van der Waals surface area contributed by atoms with E-state index in [9.17, 15) is 13.2 Å². The Morgan fingerprint density at radius 1 is 1.05 bits per heavy atom. The first-order valence-electron chi connectivity index (χ1n) is 6.28. The van der Waals surface area contributed by atoms with Crippen LogP contribution in [0, 0.1) is 6.92 Å². The number of nitrogens with one attached hydrogen (secondary N) is 1. The molecule has 2 aromatic rings. The van der Waals surface area contributed by atoms with Crippen LogP contribution in [0.15, 0.2) is 59.5 Å². The molecule has 21 heavy (non-hydrogen) atoms. The van der Waals surface area contributed by atoms with E-state index in [0.717, 1.165) is 5.56 Å². The molecule has 0 bridgehead atoms. The van der Waals surface area contributed by atoms with Gasteiger partial charge in [0, 0.05) is 5.56 Å². The molecule has 2 rings (SSSR count). The maximum absolute atomic E-state index is 11.9. The van der Waals surface area contributed by atoms with Crippen molar-refractivity contribution in [2.75, 3.05) is 6.73 Å². The molecular formula is C15H15NO4S. The van der Waals surface area contributed by atoms with Gasteiger partial charge in [0.2, 0.25) is 0 Å². The highest BCUT2D eigenvalue weighted by molar-refractivity contribution is 7.86. The van der Waals surface area contributed by atoms with Crippen molar-refractivity contribution < 1.29 is 17.4 Å². The van der Waals surface area contributed by atoms with E-state index in [1.165, 1.54) is 12.1 Å². The Kier molecular flexibility index (Phi) is 4.72. The lowest BCUT2D eigenvalue weighted by atomic mass is 10.2. The lowest BCUT2D eigenvalue weighted by Gasteiger charge is -2.07. The van der Waals surface area contributed by atoms with Gasteiger partial charge in [0.1, 0.15) is 6.73 Å². The van der Waals surface area contributed by atoms with Gasteiger partial charge in [-0.15, -0.1) is 0 Å². The van der Waals surface area contributed by atoms with E-state index in [0.29, 0.717) is 5.56 Å². The summed E-state index contributed by atoms with van der Waals surface area (Å²) in [4.78, 5) is 11.8. The average Bonchev–Trinajstić information content (AvgIpc) is 2.48. The standard InChI is InChI=1S/C15H15NO4S/c1-12-7-9-14(10-8-12)21(18,19)20-11-16-15(17)13-5-3-2-4-6-13/h2-10H,11H2,1H3,(H,16,17). The molecule has 0 fully saturated rings. The zero-order valence-electron chi connectivity index (χ0n) is 11.4. The van der Waals surface area contributed by atoms with E-state index < -0.39 is 22.8 Å². The largest absolute Gasteiger partial charge is 0.328 e. The summed E-state index contributed by atoms with van der Waals surface area (Å²) in [6, 6.07) is 14.8. The minimum absolute atomic E-state index is 0.0575. The molecular weight excluding hydrogens is 290 g/mol. The second-order valence-electron chi connectivity index (χ2n) is 4.40.